The molecule has 0 heterocycles. The summed E-state index contributed by atoms with van der Waals surface area (Å²) in [6.07, 6.45) is 2.97. The zero-order chi connectivity index (χ0) is 13.3. The lowest BCUT2D eigenvalue weighted by Gasteiger charge is -2.21. The van der Waals surface area contributed by atoms with E-state index in [1.54, 1.807) is 20.8 Å². The van der Waals surface area contributed by atoms with Gasteiger partial charge in [-0.1, -0.05) is 19.8 Å². The molecule has 0 aliphatic heterocycles. The Balaban J connectivity index is 2.70. The number of nitro groups is 1. The highest BCUT2D eigenvalue weighted by atomic mass is 16.6. The van der Waals surface area contributed by atoms with Crippen molar-refractivity contribution < 1.29 is 14.5 Å². The topological polar surface area (TPSA) is 69.4 Å². The fourth-order valence-electron chi connectivity index (χ4n) is 2.02. The summed E-state index contributed by atoms with van der Waals surface area (Å²) in [7, 11) is 0. The highest BCUT2D eigenvalue weighted by Gasteiger charge is 2.73. The van der Waals surface area contributed by atoms with Gasteiger partial charge < -0.3 is 4.74 Å². The zero-order valence-corrected chi connectivity index (χ0v) is 11.0. The molecule has 0 radical (unpaired) electrons. The van der Waals surface area contributed by atoms with E-state index in [1.807, 2.05) is 6.92 Å². The van der Waals surface area contributed by atoms with Crippen LogP contribution in [0.25, 0.3) is 0 Å². The molecule has 17 heavy (non-hydrogen) atoms. The monoisotopic (exact) mass is 243 g/mol. The van der Waals surface area contributed by atoms with E-state index < -0.39 is 22.0 Å². The lowest BCUT2D eigenvalue weighted by atomic mass is 10.1. The van der Waals surface area contributed by atoms with Gasteiger partial charge in [0.2, 0.25) is 0 Å². The number of carbonyl (C=O) groups excluding carboxylic acids is 1. The van der Waals surface area contributed by atoms with Crippen LogP contribution in [0.3, 0.4) is 0 Å². The van der Waals surface area contributed by atoms with Gasteiger partial charge in [0, 0.05) is 17.3 Å². The lowest BCUT2D eigenvalue weighted by molar-refractivity contribution is -0.530. The molecule has 1 aliphatic rings. The van der Waals surface area contributed by atoms with Gasteiger partial charge in [0.1, 0.15) is 5.60 Å². The average Bonchev–Trinajstić information content (AvgIpc) is 2.87. The second-order valence-electron chi connectivity index (χ2n) is 5.73. The largest absolute Gasteiger partial charge is 0.455 e. The van der Waals surface area contributed by atoms with Crippen molar-refractivity contribution in [1.29, 1.82) is 0 Å². The number of rotatable bonds is 5. The van der Waals surface area contributed by atoms with Crippen LogP contribution in [-0.2, 0) is 9.53 Å². The highest BCUT2D eigenvalue weighted by Crippen LogP contribution is 2.50. The molecule has 0 aromatic carbocycles. The van der Waals surface area contributed by atoms with Crippen LogP contribution in [0.15, 0.2) is 0 Å². The van der Waals surface area contributed by atoms with Crippen molar-refractivity contribution in [3.8, 4) is 0 Å². The molecule has 0 amide bonds. The van der Waals surface area contributed by atoms with E-state index in [4.69, 9.17) is 4.74 Å². The van der Waals surface area contributed by atoms with Gasteiger partial charge in [-0.25, -0.2) is 4.79 Å². The van der Waals surface area contributed by atoms with Crippen molar-refractivity contribution >= 4 is 5.97 Å². The molecule has 2 atom stereocenters. The molecule has 1 rings (SSSR count). The fourth-order valence-corrected chi connectivity index (χ4v) is 2.02. The summed E-state index contributed by atoms with van der Waals surface area (Å²) in [6.45, 7) is 7.20. The molecule has 98 valence electrons. The Bertz CT molecular complexity index is 321. The molecular formula is C12H21NO4. The van der Waals surface area contributed by atoms with E-state index in [9.17, 15) is 14.9 Å². The van der Waals surface area contributed by atoms with Gasteiger partial charge in [0.05, 0.1) is 0 Å². The third-order valence-corrected chi connectivity index (χ3v) is 3.06. The maximum atomic E-state index is 11.9. The van der Waals surface area contributed by atoms with Crippen LogP contribution in [0, 0.1) is 16.0 Å². The molecule has 5 nitrogen and oxygen atoms in total. The summed E-state index contributed by atoms with van der Waals surface area (Å²) in [6, 6.07) is 0. The maximum Gasteiger partial charge on any atom is 0.385 e. The number of hydrogen-bond donors (Lipinski definition) is 0. The second-order valence-corrected chi connectivity index (χ2v) is 5.73. The first-order valence-electron chi connectivity index (χ1n) is 6.12. The van der Waals surface area contributed by atoms with Gasteiger partial charge in [-0.2, -0.15) is 0 Å². The molecule has 5 heteroatoms. The number of carbonyl (C=O) groups is 1. The number of hydrogen-bond acceptors (Lipinski definition) is 4. The van der Waals surface area contributed by atoms with E-state index >= 15 is 0 Å². The Kier molecular flexibility index (Phi) is 3.79. The Labute approximate surface area is 102 Å². The van der Waals surface area contributed by atoms with Crippen molar-refractivity contribution in [2.75, 3.05) is 0 Å². The van der Waals surface area contributed by atoms with Crippen LogP contribution in [-0.4, -0.2) is 22.0 Å². The van der Waals surface area contributed by atoms with Crippen LogP contribution in [0.4, 0.5) is 0 Å². The highest BCUT2D eigenvalue weighted by molar-refractivity contribution is 5.83. The van der Waals surface area contributed by atoms with Gasteiger partial charge in [0.15, 0.2) is 0 Å². The van der Waals surface area contributed by atoms with Crippen molar-refractivity contribution in [3.05, 3.63) is 10.1 Å². The standard InChI is InChI=1S/C12H21NO4/c1-5-6-7-9-8-12(9,13(15)16)10(14)17-11(2,3)4/h9H,5-8H2,1-4H3. The average molecular weight is 243 g/mol. The minimum atomic E-state index is -1.46. The molecule has 0 aromatic rings. The molecule has 1 fully saturated rings. The minimum absolute atomic E-state index is 0.146. The van der Waals surface area contributed by atoms with Crippen LogP contribution in [0.2, 0.25) is 0 Å². The van der Waals surface area contributed by atoms with E-state index in [1.165, 1.54) is 0 Å². The molecule has 1 aliphatic carbocycles. The van der Waals surface area contributed by atoms with Gasteiger partial charge in [0.25, 0.3) is 0 Å². The van der Waals surface area contributed by atoms with Gasteiger partial charge >= 0.3 is 11.5 Å². The molecule has 0 saturated heterocycles. The van der Waals surface area contributed by atoms with Gasteiger partial charge in [-0.05, 0) is 27.2 Å². The third-order valence-electron chi connectivity index (χ3n) is 3.06. The summed E-state index contributed by atoms with van der Waals surface area (Å²) >= 11 is 0. The SMILES string of the molecule is CCCCC1CC1(C(=O)OC(C)(C)C)[N+](=O)[O-]. The molecule has 0 N–H and O–H groups in total. The van der Waals surface area contributed by atoms with Crippen molar-refractivity contribution in [2.45, 2.75) is 64.5 Å². The molecule has 0 aromatic heterocycles. The van der Waals surface area contributed by atoms with Gasteiger partial charge in [-0.3, -0.25) is 10.1 Å². The maximum absolute atomic E-state index is 11.9. The smallest absolute Gasteiger partial charge is 0.385 e. The Morgan fingerprint density at radius 2 is 2.12 bits per heavy atom. The molecule has 0 spiro atoms. The van der Waals surface area contributed by atoms with Gasteiger partial charge in [-0.15, -0.1) is 0 Å². The number of nitrogens with zero attached hydrogens (tertiary/aromatic N) is 1. The Hall–Kier alpha value is -1.13. The molecule has 0 bridgehead atoms. The normalized spacial score (nSPS) is 27.6. The summed E-state index contributed by atoms with van der Waals surface area (Å²) in [5.41, 5.74) is -2.12. The van der Waals surface area contributed by atoms with E-state index in [2.05, 4.69) is 0 Å². The van der Waals surface area contributed by atoms with E-state index in [-0.39, 0.29) is 5.92 Å². The fraction of sp³-hybridized carbons (Fsp3) is 0.917. The quantitative estimate of drug-likeness (QED) is 0.422. The second kappa shape index (κ2) is 4.63. The number of esters is 1. The number of ether oxygens (including phenoxy) is 1. The lowest BCUT2D eigenvalue weighted by Crippen LogP contribution is -2.40. The predicted molar refractivity (Wildman–Crippen MR) is 63.2 cm³/mol. The molecule has 2 unspecified atom stereocenters. The van der Waals surface area contributed by atoms with Crippen LogP contribution in [0.1, 0.15) is 53.4 Å². The molecule has 1 saturated carbocycles. The summed E-state index contributed by atoms with van der Waals surface area (Å²) in [5, 5.41) is 11.1. The summed E-state index contributed by atoms with van der Waals surface area (Å²) in [4.78, 5) is 22.5. The van der Waals surface area contributed by atoms with E-state index in [0.29, 0.717) is 6.42 Å². The number of unbranched alkanes of at least 4 members (excludes halogenated alkanes) is 1. The van der Waals surface area contributed by atoms with Crippen LogP contribution in [0.5, 0.6) is 0 Å². The summed E-state index contributed by atoms with van der Waals surface area (Å²) < 4.78 is 5.16. The first-order valence-corrected chi connectivity index (χ1v) is 6.12. The Morgan fingerprint density at radius 1 is 1.53 bits per heavy atom. The third kappa shape index (κ3) is 2.96. The van der Waals surface area contributed by atoms with E-state index in [0.717, 1.165) is 19.3 Å². The first-order chi connectivity index (χ1) is 7.74. The van der Waals surface area contributed by atoms with Crippen LogP contribution >= 0.6 is 0 Å². The predicted octanol–water partition coefficient (Wildman–Crippen LogP) is 2.55. The zero-order valence-electron chi connectivity index (χ0n) is 11.0. The van der Waals surface area contributed by atoms with Crippen molar-refractivity contribution in [1.82, 2.24) is 0 Å². The molecular weight excluding hydrogens is 222 g/mol. The first kappa shape index (κ1) is 13.9. The Morgan fingerprint density at radius 3 is 2.53 bits per heavy atom. The minimum Gasteiger partial charge on any atom is -0.455 e. The summed E-state index contributed by atoms with van der Waals surface area (Å²) in [5.74, 6) is -0.816. The van der Waals surface area contributed by atoms with Crippen molar-refractivity contribution in [2.24, 2.45) is 5.92 Å². The van der Waals surface area contributed by atoms with Crippen LogP contribution < -0.4 is 0 Å². The van der Waals surface area contributed by atoms with Crippen molar-refractivity contribution in [3.63, 3.8) is 0 Å².